The largest absolute Gasteiger partial charge is 0.492 e. The number of fused-ring (bicyclic) bond motifs is 1. The lowest BCUT2D eigenvalue weighted by atomic mass is 10.1. The molecule has 0 spiro atoms. The van der Waals surface area contributed by atoms with Gasteiger partial charge in [0.15, 0.2) is 11.2 Å². The summed E-state index contributed by atoms with van der Waals surface area (Å²) in [5.41, 5.74) is 9.89. The fourth-order valence-corrected chi connectivity index (χ4v) is 4.37. The topological polar surface area (TPSA) is 69.3 Å². The van der Waals surface area contributed by atoms with Crippen molar-refractivity contribution in [2.75, 3.05) is 24.7 Å². The number of pyridine rings is 1. The lowest BCUT2D eigenvalue weighted by Crippen LogP contribution is -2.14. The Labute approximate surface area is 178 Å². The second-order valence-electron chi connectivity index (χ2n) is 7.19. The van der Waals surface area contributed by atoms with Crippen molar-refractivity contribution in [2.24, 2.45) is 0 Å². The SMILES string of the molecule is COc1c(NCCCc2ccccc2)c(I)c(N)c2c(=O)ccn(C3CC3)c12. The molecule has 1 aromatic heterocycles. The summed E-state index contributed by atoms with van der Waals surface area (Å²) in [7, 11) is 1.66. The van der Waals surface area contributed by atoms with Crippen LogP contribution in [0.4, 0.5) is 11.4 Å². The Hall–Kier alpha value is -2.22. The quantitative estimate of drug-likeness (QED) is 0.290. The Balaban J connectivity index is 1.68. The lowest BCUT2D eigenvalue weighted by Gasteiger charge is -2.20. The molecular weight excluding hydrogens is 465 g/mol. The Kier molecular flexibility index (Phi) is 5.48. The van der Waals surface area contributed by atoms with Crippen LogP contribution >= 0.6 is 22.6 Å². The van der Waals surface area contributed by atoms with Crippen molar-refractivity contribution >= 4 is 44.9 Å². The van der Waals surface area contributed by atoms with E-state index in [1.165, 1.54) is 5.56 Å². The Bertz CT molecular complexity index is 1060. The van der Waals surface area contributed by atoms with Crippen molar-refractivity contribution < 1.29 is 4.74 Å². The molecule has 1 aliphatic carbocycles. The number of nitrogens with one attached hydrogen (secondary N) is 1. The van der Waals surface area contributed by atoms with Crippen molar-refractivity contribution in [3.63, 3.8) is 0 Å². The Morgan fingerprint density at radius 2 is 2.00 bits per heavy atom. The summed E-state index contributed by atoms with van der Waals surface area (Å²) >= 11 is 2.21. The highest BCUT2D eigenvalue weighted by molar-refractivity contribution is 14.1. The number of ether oxygens (including phenoxy) is 1. The first-order chi connectivity index (χ1) is 13.6. The number of nitrogen functional groups attached to an aromatic ring is 1. The molecule has 3 N–H and O–H groups in total. The van der Waals surface area contributed by atoms with Crippen LogP contribution in [0, 0.1) is 3.57 Å². The number of hydrogen-bond donors (Lipinski definition) is 2. The molecule has 0 saturated heterocycles. The van der Waals surface area contributed by atoms with Gasteiger partial charge >= 0.3 is 0 Å². The van der Waals surface area contributed by atoms with E-state index in [2.05, 4.69) is 56.7 Å². The van der Waals surface area contributed by atoms with E-state index in [1.807, 2.05) is 12.3 Å². The monoisotopic (exact) mass is 489 g/mol. The second-order valence-corrected chi connectivity index (χ2v) is 8.27. The maximum Gasteiger partial charge on any atom is 0.191 e. The van der Waals surface area contributed by atoms with Crippen molar-refractivity contribution in [1.82, 2.24) is 4.57 Å². The highest BCUT2D eigenvalue weighted by atomic mass is 127. The molecule has 0 radical (unpaired) electrons. The molecule has 28 heavy (non-hydrogen) atoms. The molecule has 4 rings (SSSR count). The number of benzene rings is 2. The zero-order valence-electron chi connectivity index (χ0n) is 15.9. The van der Waals surface area contributed by atoms with E-state index in [9.17, 15) is 4.79 Å². The normalized spacial score (nSPS) is 13.6. The first-order valence-corrected chi connectivity index (χ1v) is 10.7. The molecule has 1 saturated carbocycles. The van der Waals surface area contributed by atoms with Gasteiger partial charge in [-0.1, -0.05) is 30.3 Å². The minimum absolute atomic E-state index is 0.0590. The molecule has 5 nitrogen and oxygen atoms in total. The summed E-state index contributed by atoms with van der Waals surface area (Å²) in [6, 6.07) is 12.5. The van der Waals surface area contributed by atoms with Gasteiger partial charge in [-0.3, -0.25) is 4.79 Å². The number of methoxy groups -OCH3 is 1. The van der Waals surface area contributed by atoms with Gasteiger partial charge in [-0.2, -0.15) is 0 Å². The predicted octanol–water partition coefficient (Wildman–Crippen LogP) is 4.58. The molecule has 0 aliphatic heterocycles. The Morgan fingerprint density at radius 3 is 2.68 bits per heavy atom. The third-order valence-electron chi connectivity index (χ3n) is 5.23. The van der Waals surface area contributed by atoms with E-state index >= 15 is 0 Å². The van der Waals surface area contributed by atoms with E-state index < -0.39 is 0 Å². The van der Waals surface area contributed by atoms with Crippen LogP contribution in [0.15, 0.2) is 47.4 Å². The van der Waals surface area contributed by atoms with Crippen LogP contribution in [0.2, 0.25) is 0 Å². The lowest BCUT2D eigenvalue weighted by molar-refractivity contribution is 0.418. The van der Waals surface area contributed by atoms with Crippen LogP contribution in [0.25, 0.3) is 10.9 Å². The highest BCUT2D eigenvalue weighted by Crippen LogP contribution is 2.45. The maximum absolute atomic E-state index is 12.6. The standard InChI is InChI=1S/C22H24IN3O2/c1-28-22-20(25-12-5-8-14-6-3-2-4-7-14)18(23)19(24)17-16(27)11-13-26(21(17)22)15-9-10-15/h2-4,6-7,11,13,15,25H,5,8-10,12,24H2,1H3. The van der Waals surface area contributed by atoms with Gasteiger partial charge in [0.25, 0.3) is 0 Å². The average molecular weight is 489 g/mol. The number of nitrogens with two attached hydrogens (primary N) is 1. The van der Waals surface area contributed by atoms with Crippen molar-refractivity contribution in [1.29, 1.82) is 0 Å². The van der Waals surface area contributed by atoms with Crippen LogP contribution in [0.5, 0.6) is 5.75 Å². The van der Waals surface area contributed by atoms with E-state index in [-0.39, 0.29) is 5.43 Å². The molecule has 0 unspecified atom stereocenters. The van der Waals surface area contributed by atoms with Gasteiger partial charge in [0.2, 0.25) is 0 Å². The van der Waals surface area contributed by atoms with E-state index in [0.29, 0.717) is 22.9 Å². The van der Waals surface area contributed by atoms with Gasteiger partial charge in [0.1, 0.15) is 0 Å². The minimum Gasteiger partial charge on any atom is -0.492 e. The van der Waals surface area contributed by atoms with Gasteiger partial charge in [-0.25, -0.2) is 0 Å². The van der Waals surface area contributed by atoms with Crippen LogP contribution in [-0.2, 0) is 6.42 Å². The summed E-state index contributed by atoms with van der Waals surface area (Å²) < 4.78 is 8.79. The zero-order valence-corrected chi connectivity index (χ0v) is 18.0. The van der Waals surface area contributed by atoms with E-state index in [1.54, 1.807) is 13.2 Å². The molecule has 3 aromatic rings. The molecule has 0 atom stereocenters. The number of aromatic nitrogens is 1. The van der Waals surface area contributed by atoms with Gasteiger partial charge in [0, 0.05) is 24.8 Å². The maximum atomic E-state index is 12.6. The minimum atomic E-state index is -0.0590. The van der Waals surface area contributed by atoms with Gasteiger partial charge < -0.3 is 20.4 Å². The summed E-state index contributed by atoms with van der Waals surface area (Å²) in [5.74, 6) is 0.706. The molecule has 1 heterocycles. The van der Waals surface area contributed by atoms with Crippen molar-refractivity contribution in [3.8, 4) is 5.75 Å². The summed E-state index contributed by atoms with van der Waals surface area (Å²) in [5, 5.41) is 4.07. The smallest absolute Gasteiger partial charge is 0.191 e. The molecule has 146 valence electrons. The molecule has 0 amide bonds. The number of hydrogen-bond acceptors (Lipinski definition) is 4. The Morgan fingerprint density at radius 1 is 1.25 bits per heavy atom. The van der Waals surface area contributed by atoms with E-state index in [4.69, 9.17) is 10.5 Å². The van der Waals surface area contributed by atoms with Crippen LogP contribution in [0.1, 0.15) is 30.9 Å². The first kappa shape index (κ1) is 19.1. The predicted molar refractivity (Wildman–Crippen MR) is 123 cm³/mol. The van der Waals surface area contributed by atoms with Gasteiger partial charge in [-0.15, -0.1) is 0 Å². The number of anilines is 2. The number of halogens is 1. The third kappa shape index (κ3) is 3.57. The number of rotatable bonds is 7. The van der Waals surface area contributed by atoms with E-state index in [0.717, 1.165) is 47.0 Å². The van der Waals surface area contributed by atoms with Crippen LogP contribution in [-0.4, -0.2) is 18.2 Å². The summed E-state index contributed by atoms with van der Waals surface area (Å²) in [4.78, 5) is 12.6. The van der Waals surface area contributed by atoms with Gasteiger partial charge in [-0.05, 0) is 53.8 Å². The summed E-state index contributed by atoms with van der Waals surface area (Å²) in [6.45, 7) is 0.798. The number of aryl methyl sites for hydroxylation is 1. The molecule has 1 aliphatic rings. The summed E-state index contributed by atoms with van der Waals surface area (Å²) in [6.07, 6.45) is 6.10. The fourth-order valence-electron chi connectivity index (χ4n) is 3.67. The molecule has 1 fully saturated rings. The van der Waals surface area contributed by atoms with Crippen LogP contribution < -0.4 is 21.2 Å². The van der Waals surface area contributed by atoms with Crippen LogP contribution in [0.3, 0.4) is 0 Å². The number of nitrogens with zero attached hydrogens (tertiary/aromatic N) is 1. The first-order valence-electron chi connectivity index (χ1n) is 9.59. The fraction of sp³-hybridized carbons (Fsp3) is 0.318. The molecule has 2 aromatic carbocycles. The van der Waals surface area contributed by atoms with Crippen molar-refractivity contribution in [2.45, 2.75) is 31.7 Å². The highest BCUT2D eigenvalue weighted by Gasteiger charge is 2.28. The molecular formula is C22H24IN3O2. The average Bonchev–Trinajstić information content (AvgIpc) is 3.54. The molecule has 6 heteroatoms. The molecule has 0 bridgehead atoms. The zero-order chi connectivity index (χ0) is 19.7. The van der Waals surface area contributed by atoms with Crippen molar-refractivity contribution in [3.05, 3.63) is 62.0 Å². The third-order valence-corrected chi connectivity index (χ3v) is 6.35. The second kappa shape index (κ2) is 8.03. The van der Waals surface area contributed by atoms with Gasteiger partial charge in [0.05, 0.1) is 33.0 Å².